The Labute approximate surface area is 279 Å². The van der Waals surface area contributed by atoms with Crippen molar-refractivity contribution >= 4 is 65.3 Å². The molecule has 4 N–H and O–H groups in total. The minimum atomic E-state index is -0.648. The average molecular weight is 687 g/mol. The molecule has 0 spiro atoms. The van der Waals surface area contributed by atoms with Gasteiger partial charge in [0.15, 0.2) is 11.5 Å². The van der Waals surface area contributed by atoms with Crippen LogP contribution in [0.25, 0.3) is 5.69 Å². The fourth-order valence-electron chi connectivity index (χ4n) is 5.16. The van der Waals surface area contributed by atoms with E-state index in [1.807, 2.05) is 12.1 Å². The van der Waals surface area contributed by atoms with Gasteiger partial charge in [-0.1, -0.05) is 16.8 Å². The SMILES string of the molecule is Cc1c(F)c(N)cc(C(=O)Nc2cc(-n3cc(C(=O)NCCCN4CCOCC4)nn3)ccc2N2CCN(C)CC2)c1Cl.Cl.Cl. The number of nitrogens with two attached hydrogens (primary N) is 1. The molecule has 16 heteroatoms. The Kier molecular flexibility index (Phi) is 13.2. The first-order valence-corrected chi connectivity index (χ1v) is 14.7. The minimum absolute atomic E-state index is 0. The number of nitrogens with one attached hydrogen (secondary N) is 2. The third-order valence-electron chi connectivity index (χ3n) is 7.80. The van der Waals surface area contributed by atoms with Crippen molar-refractivity contribution in [3.8, 4) is 5.69 Å². The molecular formula is C29H39Cl3FN9O3. The van der Waals surface area contributed by atoms with Crippen LogP contribution in [0.2, 0.25) is 5.02 Å². The summed E-state index contributed by atoms with van der Waals surface area (Å²) in [6.07, 6.45) is 2.37. The van der Waals surface area contributed by atoms with E-state index in [9.17, 15) is 14.0 Å². The van der Waals surface area contributed by atoms with E-state index >= 15 is 0 Å². The van der Waals surface area contributed by atoms with Gasteiger partial charge in [-0.3, -0.25) is 14.5 Å². The number of aromatic nitrogens is 3. The van der Waals surface area contributed by atoms with Gasteiger partial charge in [0.2, 0.25) is 0 Å². The van der Waals surface area contributed by atoms with Crippen LogP contribution in [0, 0.1) is 12.7 Å². The average Bonchev–Trinajstić information content (AvgIpc) is 3.52. The number of nitrogen functional groups attached to an aromatic ring is 1. The lowest BCUT2D eigenvalue weighted by atomic mass is 10.1. The van der Waals surface area contributed by atoms with Crippen molar-refractivity contribution in [3.05, 3.63) is 58.1 Å². The predicted octanol–water partition coefficient (Wildman–Crippen LogP) is 3.25. The molecule has 12 nitrogen and oxygen atoms in total. The van der Waals surface area contributed by atoms with E-state index in [1.165, 1.54) is 17.7 Å². The number of morpholine rings is 1. The molecule has 0 bridgehead atoms. The molecule has 0 saturated carbocycles. The normalized spacial score (nSPS) is 15.6. The lowest BCUT2D eigenvalue weighted by Crippen LogP contribution is -2.44. The highest BCUT2D eigenvalue weighted by atomic mass is 35.5. The molecule has 2 aliphatic heterocycles. The standard InChI is InChI=1S/C29H37ClFN9O3.2ClH/c1-19-26(30)21(17-22(32)27(19)31)28(41)34-23-16-20(4-5-25(23)39-10-8-37(2)9-11-39)40-18-24(35-36-40)29(42)33-6-3-7-38-12-14-43-15-13-38;;/h4-5,16-18H,3,6-15,32H2,1-2H3,(H,33,42)(H,34,41);2*1H. The van der Waals surface area contributed by atoms with Crippen LogP contribution in [0.5, 0.6) is 0 Å². The number of halogens is 4. The third-order valence-corrected chi connectivity index (χ3v) is 8.28. The summed E-state index contributed by atoms with van der Waals surface area (Å²) in [5.74, 6) is -1.48. The Bertz CT molecular complexity index is 1480. The number of benzene rings is 2. The molecule has 2 fully saturated rings. The summed E-state index contributed by atoms with van der Waals surface area (Å²) in [4.78, 5) is 32.9. The second-order valence-electron chi connectivity index (χ2n) is 10.8. The number of amides is 2. The number of carbonyl (C=O) groups excluding carboxylic acids is 2. The Morgan fingerprint density at radius 1 is 1.07 bits per heavy atom. The predicted molar refractivity (Wildman–Crippen MR) is 178 cm³/mol. The quantitative estimate of drug-likeness (QED) is 0.229. The highest BCUT2D eigenvalue weighted by molar-refractivity contribution is 6.35. The third kappa shape index (κ3) is 8.75. The Hall–Kier alpha value is -3.20. The summed E-state index contributed by atoms with van der Waals surface area (Å²) in [5, 5.41) is 14.1. The smallest absolute Gasteiger partial charge is 0.273 e. The van der Waals surface area contributed by atoms with Gasteiger partial charge in [0, 0.05) is 51.4 Å². The molecule has 0 aliphatic carbocycles. The maximum Gasteiger partial charge on any atom is 0.273 e. The summed E-state index contributed by atoms with van der Waals surface area (Å²) >= 11 is 6.34. The monoisotopic (exact) mass is 685 g/mol. The molecular weight excluding hydrogens is 648 g/mol. The van der Waals surface area contributed by atoms with Crippen LogP contribution in [0.15, 0.2) is 30.5 Å². The van der Waals surface area contributed by atoms with E-state index in [0.717, 1.165) is 71.1 Å². The Morgan fingerprint density at radius 3 is 2.49 bits per heavy atom. The first-order valence-electron chi connectivity index (χ1n) is 14.3. The van der Waals surface area contributed by atoms with Gasteiger partial charge in [-0.05, 0) is 51.2 Å². The topological polar surface area (TPSA) is 134 Å². The van der Waals surface area contributed by atoms with E-state index in [2.05, 4.69) is 42.7 Å². The van der Waals surface area contributed by atoms with Crippen LogP contribution < -0.4 is 21.3 Å². The number of ether oxygens (including phenoxy) is 1. The van der Waals surface area contributed by atoms with Gasteiger partial charge in [-0.2, -0.15) is 0 Å². The number of likely N-dealkylation sites (N-methyl/N-ethyl adjacent to an activating group) is 1. The fraction of sp³-hybridized carbons (Fsp3) is 0.448. The van der Waals surface area contributed by atoms with E-state index in [1.54, 1.807) is 12.3 Å². The van der Waals surface area contributed by atoms with Crippen molar-refractivity contribution in [2.45, 2.75) is 13.3 Å². The summed E-state index contributed by atoms with van der Waals surface area (Å²) in [6.45, 7) is 9.44. The molecule has 2 aliphatic rings. The Balaban J connectivity index is 0.00000276. The lowest BCUT2D eigenvalue weighted by molar-refractivity contribution is 0.0374. The second-order valence-corrected chi connectivity index (χ2v) is 11.2. The molecule has 1 aromatic heterocycles. The van der Waals surface area contributed by atoms with Crippen molar-refractivity contribution in [2.24, 2.45) is 0 Å². The van der Waals surface area contributed by atoms with Gasteiger partial charge >= 0.3 is 0 Å². The van der Waals surface area contributed by atoms with Crippen molar-refractivity contribution in [1.29, 1.82) is 0 Å². The maximum absolute atomic E-state index is 14.3. The molecule has 0 atom stereocenters. The number of hydrogen-bond acceptors (Lipinski definition) is 9. The van der Waals surface area contributed by atoms with Crippen molar-refractivity contribution in [2.75, 3.05) is 88.6 Å². The van der Waals surface area contributed by atoms with Crippen molar-refractivity contribution in [3.63, 3.8) is 0 Å². The van der Waals surface area contributed by atoms with Crippen LogP contribution in [0.1, 0.15) is 32.8 Å². The Morgan fingerprint density at radius 2 is 1.78 bits per heavy atom. The molecule has 3 aromatic rings. The first-order chi connectivity index (χ1) is 20.7. The number of hydrogen-bond donors (Lipinski definition) is 3. The van der Waals surface area contributed by atoms with Crippen molar-refractivity contribution < 1.29 is 18.7 Å². The maximum atomic E-state index is 14.3. The van der Waals surface area contributed by atoms with Gasteiger partial charge in [0.25, 0.3) is 11.8 Å². The van der Waals surface area contributed by atoms with Crippen LogP contribution >= 0.6 is 36.4 Å². The van der Waals surface area contributed by atoms with Crippen LogP contribution in [0.4, 0.5) is 21.5 Å². The molecule has 3 heterocycles. The molecule has 2 amide bonds. The van der Waals surface area contributed by atoms with Crippen LogP contribution in [-0.2, 0) is 4.74 Å². The highest BCUT2D eigenvalue weighted by Gasteiger charge is 2.23. The van der Waals surface area contributed by atoms with Crippen LogP contribution in [-0.4, -0.2) is 109 Å². The number of piperazine rings is 1. The number of carbonyl (C=O) groups is 2. The zero-order chi connectivity index (χ0) is 30.5. The van der Waals surface area contributed by atoms with E-state index in [-0.39, 0.29) is 58.3 Å². The zero-order valence-electron chi connectivity index (χ0n) is 25.2. The van der Waals surface area contributed by atoms with E-state index < -0.39 is 11.7 Å². The molecule has 2 saturated heterocycles. The summed E-state index contributed by atoms with van der Waals surface area (Å²) in [6, 6.07) is 6.75. The zero-order valence-corrected chi connectivity index (χ0v) is 27.6. The van der Waals surface area contributed by atoms with Crippen molar-refractivity contribution in [1.82, 2.24) is 30.1 Å². The molecule has 0 unspecified atom stereocenters. The molecule has 5 rings (SSSR count). The highest BCUT2D eigenvalue weighted by Crippen LogP contribution is 2.32. The number of nitrogens with zero attached hydrogens (tertiary/aromatic N) is 6. The van der Waals surface area contributed by atoms with Gasteiger partial charge in [-0.25, -0.2) is 9.07 Å². The minimum Gasteiger partial charge on any atom is -0.396 e. The van der Waals surface area contributed by atoms with Gasteiger partial charge in [0.05, 0.1) is 52.7 Å². The van der Waals surface area contributed by atoms with Gasteiger partial charge in [-0.15, -0.1) is 29.9 Å². The fourth-order valence-corrected chi connectivity index (χ4v) is 5.38. The molecule has 45 heavy (non-hydrogen) atoms. The first kappa shape index (κ1) is 36.3. The largest absolute Gasteiger partial charge is 0.396 e. The van der Waals surface area contributed by atoms with Gasteiger partial charge < -0.3 is 30.9 Å². The summed E-state index contributed by atoms with van der Waals surface area (Å²) in [7, 11) is 2.06. The lowest BCUT2D eigenvalue weighted by Gasteiger charge is -2.35. The summed E-state index contributed by atoms with van der Waals surface area (Å²) < 4.78 is 21.1. The van der Waals surface area contributed by atoms with Crippen LogP contribution in [0.3, 0.4) is 0 Å². The molecule has 2 aromatic carbocycles. The molecule has 0 radical (unpaired) electrons. The number of rotatable bonds is 9. The number of anilines is 3. The van der Waals surface area contributed by atoms with E-state index in [4.69, 9.17) is 22.1 Å². The van der Waals surface area contributed by atoms with E-state index in [0.29, 0.717) is 17.9 Å². The molecule has 246 valence electrons. The van der Waals surface area contributed by atoms with Gasteiger partial charge in [0.1, 0.15) is 0 Å². The second kappa shape index (κ2) is 16.4. The summed E-state index contributed by atoms with van der Waals surface area (Å²) in [5.41, 5.74) is 7.91.